The fourth-order valence-electron chi connectivity index (χ4n) is 3.03. The van der Waals surface area contributed by atoms with Crippen molar-refractivity contribution >= 4 is 5.97 Å². The Morgan fingerprint density at radius 2 is 1.96 bits per heavy atom. The SMILES string of the molecule is CC(C)(C)OC(=O)c1cc(C2CC2)c(CN2CCOCC2)cc1F. The quantitative estimate of drug-likeness (QED) is 0.790. The highest BCUT2D eigenvalue weighted by Crippen LogP contribution is 2.43. The van der Waals surface area contributed by atoms with Gasteiger partial charge in [-0.05, 0) is 62.8 Å². The zero-order chi connectivity index (χ0) is 17.3. The van der Waals surface area contributed by atoms with E-state index < -0.39 is 17.4 Å². The topological polar surface area (TPSA) is 38.8 Å². The molecular formula is C19H26FNO3. The lowest BCUT2D eigenvalue weighted by atomic mass is 9.98. The van der Waals surface area contributed by atoms with Crippen molar-refractivity contribution in [2.45, 2.75) is 51.7 Å². The standard InChI is InChI=1S/C19H26FNO3/c1-19(2,3)24-18(22)16-11-15(13-4-5-13)14(10-17(16)20)12-21-6-8-23-9-7-21/h10-11,13H,4-9,12H2,1-3H3. The van der Waals surface area contributed by atoms with E-state index in [1.54, 1.807) is 26.8 Å². The second-order valence-electron chi connectivity index (χ2n) is 7.70. The number of nitrogens with zero attached hydrogens (tertiary/aromatic N) is 1. The van der Waals surface area contributed by atoms with Gasteiger partial charge in [0.1, 0.15) is 11.4 Å². The molecule has 1 aromatic carbocycles. The van der Waals surface area contributed by atoms with Crippen molar-refractivity contribution in [1.29, 1.82) is 0 Å². The van der Waals surface area contributed by atoms with Crippen molar-refractivity contribution in [3.63, 3.8) is 0 Å². The lowest BCUT2D eigenvalue weighted by molar-refractivity contribution is 0.00645. The zero-order valence-electron chi connectivity index (χ0n) is 14.7. The maximum absolute atomic E-state index is 14.5. The van der Waals surface area contributed by atoms with Gasteiger partial charge in [0.25, 0.3) is 0 Å². The number of esters is 1. The van der Waals surface area contributed by atoms with E-state index >= 15 is 0 Å². The second kappa shape index (κ2) is 6.81. The van der Waals surface area contributed by atoms with Crippen LogP contribution in [0.3, 0.4) is 0 Å². The molecular weight excluding hydrogens is 309 g/mol. The molecule has 0 spiro atoms. The summed E-state index contributed by atoms with van der Waals surface area (Å²) in [7, 11) is 0. The maximum Gasteiger partial charge on any atom is 0.341 e. The fourth-order valence-corrected chi connectivity index (χ4v) is 3.03. The van der Waals surface area contributed by atoms with Gasteiger partial charge in [0.15, 0.2) is 0 Å². The molecule has 2 fully saturated rings. The number of hydrogen-bond donors (Lipinski definition) is 0. The molecule has 1 heterocycles. The maximum atomic E-state index is 14.5. The third-order valence-electron chi connectivity index (χ3n) is 4.36. The average Bonchev–Trinajstić information content (AvgIpc) is 3.31. The Labute approximate surface area is 142 Å². The smallest absolute Gasteiger partial charge is 0.341 e. The summed E-state index contributed by atoms with van der Waals surface area (Å²) >= 11 is 0. The van der Waals surface area contributed by atoms with Crippen molar-refractivity contribution in [2.75, 3.05) is 26.3 Å². The Kier molecular flexibility index (Phi) is 4.92. The molecule has 0 atom stereocenters. The van der Waals surface area contributed by atoms with Crippen LogP contribution in [0.2, 0.25) is 0 Å². The van der Waals surface area contributed by atoms with Crippen molar-refractivity contribution in [2.24, 2.45) is 0 Å². The van der Waals surface area contributed by atoms with E-state index in [0.717, 1.165) is 50.3 Å². The number of rotatable bonds is 4. The molecule has 0 aromatic heterocycles. The Bertz CT molecular complexity index is 614. The van der Waals surface area contributed by atoms with Crippen LogP contribution in [-0.4, -0.2) is 42.8 Å². The predicted molar refractivity (Wildman–Crippen MR) is 89.6 cm³/mol. The van der Waals surface area contributed by atoms with Gasteiger partial charge in [0.2, 0.25) is 0 Å². The minimum atomic E-state index is -0.629. The highest BCUT2D eigenvalue weighted by molar-refractivity contribution is 5.90. The van der Waals surface area contributed by atoms with Gasteiger partial charge in [-0.2, -0.15) is 0 Å². The van der Waals surface area contributed by atoms with E-state index in [-0.39, 0.29) is 5.56 Å². The van der Waals surface area contributed by atoms with Gasteiger partial charge in [0, 0.05) is 19.6 Å². The molecule has 3 rings (SSSR count). The second-order valence-corrected chi connectivity index (χ2v) is 7.70. The van der Waals surface area contributed by atoms with E-state index in [1.807, 2.05) is 0 Å². The van der Waals surface area contributed by atoms with Crippen LogP contribution < -0.4 is 0 Å². The normalized spacial score (nSPS) is 19.3. The summed E-state index contributed by atoms with van der Waals surface area (Å²) < 4.78 is 25.3. The first-order chi connectivity index (χ1) is 11.3. The Morgan fingerprint density at radius 3 is 2.54 bits per heavy atom. The molecule has 1 aliphatic heterocycles. The molecule has 0 bridgehead atoms. The summed E-state index contributed by atoms with van der Waals surface area (Å²) in [4.78, 5) is 14.6. The van der Waals surface area contributed by atoms with E-state index in [0.29, 0.717) is 12.5 Å². The molecule has 4 nitrogen and oxygen atoms in total. The lowest BCUT2D eigenvalue weighted by Crippen LogP contribution is -2.36. The molecule has 0 N–H and O–H groups in total. The van der Waals surface area contributed by atoms with Gasteiger partial charge in [-0.25, -0.2) is 9.18 Å². The number of ether oxygens (including phenoxy) is 2. The number of carbonyl (C=O) groups is 1. The minimum absolute atomic E-state index is 0.0533. The molecule has 1 aliphatic carbocycles. The van der Waals surface area contributed by atoms with Gasteiger partial charge in [-0.3, -0.25) is 4.90 Å². The molecule has 0 amide bonds. The highest BCUT2D eigenvalue weighted by atomic mass is 19.1. The first kappa shape index (κ1) is 17.4. The largest absolute Gasteiger partial charge is 0.456 e. The van der Waals surface area contributed by atoms with E-state index in [2.05, 4.69) is 4.90 Å². The van der Waals surface area contributed by atoms with Gasteiger partial charge in [-0.1, -0.05) is 0 Å². The third-order valence-corrected chi connectivity index (χ3v) is 4.36. The first-order valence-corrected chi connectivity index (χ1v) is 8.69. The fraction of sp³-hybridized carbons (Fsp3) is 0.632. The van der Waals surface area contributed by atoms with Gasteiger partial charge in [-0.15, -0.1) is 0 Å². The number of carbonyl (C=O) groups excluding carboxylic acids is 1. The monoisotopic (exact) mass is 335 g/mol. The first-order valence-electron chi connectivity index (χ1n) is 8.69. The van der Waals surface area contributed by atoms with Gasteiger partial charge >= 0.3 is 5.97 Å². The highest BCUT2D eigenvalue weighted by Gasteiger charge is 2.30. The summed E-state index contributed by atoms with van der Waals surface area (Å²) in [6, 6.07) is 3.25. The summed E-state index contributed by atoms with van der Waals surface area (Å²) in [5.74, 6) is -0.625. The average molecular weight is 335 g/mol. The minimum Gasteiger partial charge on any atom is -0.456 e. The lowest BCUT2D eigenvalue weighted by Gasteiger charge is -2.27. The van der Waals surface area contributed by atoms with Crippen LogP contribution in [0, 0.1) is 5.82 Å². The van der Waals surface area contributed by atoms with E-state index in [4.69, 9.17) is 9.47 Å². The molecule has 0 radical (unpaired) electrons. The van der Waals surface area contributed by atoms with Crippen LogP contribution in [0.5, 0.6) is 0 Å². The summed E-state index contributed by atoms with van der Waals surface area (Å²) in [5.41, 5.74) is 1.51. The van der Waals surface area contributed by atoms with Crippen LogP contribution >= 0.6 is 0 Å². The third kappa shape index (κ3) is 4.33. The van der Waals surface area contributed by atoms with Crippen LogP contribution in [-0.2, 0) is 16.0 Å². The zero-order valence-corrected chi connectivity index (χ0v) is 14.7. The molecule has 132 valence electrons. The Hall–Kier alpha value is -1.46. The molecule has 1 saturated heterocycles. The van der Waals surface area contributed by atoms with Gasteiger partial charge < -0.3 is 9.47 Å². The number of hydrogen-bond acceptors (Lipinski definition) is 4. The predicted octanol–water partition coefficient (Wildman–Crippen LogP) is 3.49. The van der Waals surface area contributed by atoms with Crippen LogP contribution in [0.25, 0.3) is 0 Å². The Morgan fingerprint density at radius 1 is 1.29 bits per heavy atom. The van der Waals surface area contributed by atoms with Crippen molar-refractivity contribution < 1.29 is 18.7 Å². The molecule has 1 saturated carbocycles. The Balaban J connectivity index is 1.85. The van der Waals surface area contributed by atoms with Crippen molar-refractivity contribution in [3.05, 3.63) is 34.6 Å². The summed E-state index contributed by atoms with van der Waals surface area (Å²) in [5, 5.41) is 0. The van der Waals surface area contributed by atoms with Crippen LogP contribution in [0.1, 0.15) is 61.0 Å². The molecule has 1 aromatic rings. The molecule has 2 aliphatic rings. The van der Waals surface area contributed by atoms with Crippen molar-refractivity contribution in [1.82, 2.24) is 4.90 Å². The summed E-state index contributed by atoms with van der Waals surface area (Å²) in [6.07, 6.45) is 2.21. The molecule has 5 heteroatoms. The number of halogens is 1. The summed E-state index contributed by atoms with van der Waals surface area (Å²) in [6.45, 7) is 9.24. The molecule has 0 unspecified atom stereocenters. The number of morpholine rings is 1. The molecule has 24 heavy (non-hydrogen) atoms. The number of benzene rings is 1. The van der Waals surface area contributed by atoms with Crippen molar-refractivity contribution in [3.8, 4) is 0 Å². The van der Waals surface area contributed by atoms with Gasteiger partial charge in [0.05, 0.1) is 18.8 Å². The van der Waals surface area contributed by atoms with Crippen LogP contribution in [0.4, 0.5) is 4.39 Å². The van der Waals surface area contributed by atoms with Crippen LogP contribution in [0.15, 0.2) is 12.1 Å². The van der Waals surface area contributed by atoms with E-state index in [1.165, 1.54) is 6.07 Å². The van der Waals surface area contributed by atoms with E-state index in [9.17, 15) is 9.18 Å².